The van der Waals surface area contributed by atoms with Crippen LogP contribution in [0.2, 0.25) is 0 Å². The molecule has 2 aromatic carbocycles. The van der Waals surface area contributed by atoms with Crippen LogP contribution in [0.1, 0.15) is 24.5 Å². The minimum Gasteiger partial charge on any atom is -0.483 e. The van der Waals surface area contributed by atoms with Crippen LogP contribution in [0.15, 0.2) is 48.5 Å². The summed E-state index contributed by atoms with van der Waals surface area (Å²) in [6.45, 7) is 5.45. The van der Waals surface area contributed by atoms with E-state index < -0.39 is 17.9 Å². The number of hydrogen-bond acceptors (Lipinski definition) is 4. The lowest BCUT2D eigenvalue weighted by Gasteiger charge is -2.18. The number of rotatable bonds is 7. The van der Waals surface area contributed by atoms with Crippen LogP contribution >= 0.6 is 0 Å². The molecule has 2 aromatic rings. The highest BCUT2D eigenvalue weighted by molar-refractivity contribution is 5.85. The number of carbonyl (C=O) groups excluding carboxylic acids is 2. The van der Waals surface area contributed by atoms with Crippen LogP contribution in [-0.2, 0) is 9.59 Å². The van der Waals surface area contributed by atoms with Crippen molar-refractivity contribution in [3.05, 3.63) is 59.7 Å². The van der Waals surface area contributed by atoms with Gasteiger partial charge in [-0.05, 0) is 43.5 Å². The Hall–Kier alpha value is -3.02. The zero-order chi connectivity index (χ0) is 18.9. The van der Waals surface area contributed by atoms with Crippen LogP contribution in [0.25, 0.3) is 0 Å². The number of benzene rings is 2. The van der Waals surface area contributed by atoms with E-state index in [0.717, 1.165) is 11.1 Å². The quantitative estimate of drug-likeness (QED) is 0.748. The van der Waals surface area contributed by atoms with Gasteiger partial charge in [0.2, 0.25) is 0 Å². The molecule has 1 atom stereocenters. The highest BCUT2D eigenvalue weighted by atomic mass is 16.5. The summed E-state index contributed by atoms with van der Waals surface area (Å²) in [4.78, 5) is 24.1. The molecule has 0 saturated heterocycles. The molecule has 26 heavy (non-hydrogen) atoms. The molecule has 2 rings (SSSR count). The number of nitrogens with one attached hydrogen (secondary N) is 2. The number of aryl methyl sites for hydroxylation is 2. The number of ether oxygens (including phenoxy) is 2. The largest absolute Gasteiger partial charge is 0.483 e. The van der Waals surface area contributed by atoms with Gasteiger partial charge in [-0.3, -0.25) is 20.4 Å². The van der Waals surface area contributed by atoms with Gasteiger partial charge >= 0.3 is 0 Å². The third-order valence-electron chi connectivity index (χ3n) is 3.80. The van der Waals surface area contributed by atoms with Crippen molar-refractivity contribution in [2.24, 2.45) is 0 Å². The lowest BCUT2D eigenvalue weighted by molar-refractivity contribution is -0.134. The second-order valence-corrected chi connectivity index (χ2v) is 5.87. The first kappa shape index (κ1) is 19.3. The van der Waals surface area contributed by atoms with E-state index in [0.29, 0.717) is 17.9 Å². The first-order valence-electron chi connectivity index (χ1n) is 8.50. The Bertz CT molecular complexity index is 761. The van der Waals surface area contributed by atoms with Crippen molar-refractivity contribution < 1.29 is 19.1 Å². The zero-order valence-electron chi connectivity index (χ0n) is 15.2. The third-order valence-corrected chi connectivity index (χ3v) is 3.80. The molecular weight excluding hydrogens is 332 g/mol. The molecule has 0 heterocycles. The molecule has 6 nitrogen and oxygen atoms in total. The molecule has 0 aliphatic heterocycles. The van der Waals surface area contributed by atoms with Gasteiger partial charge in [-0.2, -0.15) is 0 Å². The Morgan fingerprint density at radius 1 is 0.923 bits per heavy atom. The van der Waals surface area contributed by atoms with E-state index in [1.165, 1.54) is 0 Å². The molecule has 0 aromatic heterocycles. The minimum absolute atomic E-state index is 0.194. The smallest absolute Gasteiger partial charge is 0.279 e. The van der Waals surface area contributed by atoms with Gasteiger partial charge in [0, 0.05) is 0 Å². The van der Waals surface area contributed by atoms with Crippen molar-refractivity contribution in [3.63, 3.8) is 0 Å². The second kappa shape index (κ2) is 9.46. The normalized spacial score (nSPS) is 11.3. The van der Waals surface area contributed by atoms with E-state index in [-0.39, 0.29) is 6.61 Å². The van der Waals surface area contributed by atoms with E-state index >= 15 is 0 Å². The number of amides is 2. The van der Waals surface area contributed by atoms with Crippen molar-refractivity contribution >= 4 is 11.8 Å². The topological polar surface area (TPSA) is 76.7 Å². The Morgan fingerprint density at radius 2 is 1.50 bits per heavy atom. The summed E-state index contributed by atoms with van der Waals surface area (Å²) in [5, 5.41) is 0. The summed E-state index contributed by atoms with van der Waals surface area (Å²) in [5.41, 5.74) is 6.60. The molecule has 0 saturated carbocycles. The third kappa shape index (κ3) is 5.51. The molecule has 0 spiro atoms. The molecule has 0 bridgehead atoms. The molecule has 0 fully saturated rings. The number of hydrogen-bond donors (Lipinski definition) is 2. The van der Waals surface area contributed by atoms with E-state index in [4.69, 9.17) is 9.47 Å². The van der Waals surface area contributed by atoms with Crippen LogP contribution in [0, 0.1) is 13.8 Å². The van der Waals surface area contributed by atoms with Crippen LogP contribution in [-0.4, -0.2) is 24.5 Å². The van der Waals surface area contributed by atoms with Crippen molar-refractivity contribution in [2.45, 2.75) is 33.3 Å². The molecular formula is C20H24N2O4. The molecule has 0 aliphatic carbocycles. The van der Waals surface area contributed by atoms with Crippen molar-refractivity contribution in [1.82, 2.24) is 10.9 Å². The highest BCUT2D eigenvalue weighted by Crippen LogP contribution is 2.19. The number of carbonyl (C=O) groups is 2. The van der Waals surface area contributed by atoms with Crippen LogP contribution in [0.3, 0.4) is 0 Å². The summed E-state index contributed by atoms with van der Waals surface area (Å²) in [6, 6.07) is 14.9. The lowest BCUT2D eigenvalue weighted by atomic mass is 10.2. The van der Waals surface area contributed by atoms with Gasteiger partial charge in [-0.25, -0.2) is 0 Å². The van der Waals surface area contributed by atoms with E-state index in [1.807, 2.05) is 57.2 Å². The fraction of sp³-hybridized carbons (Fsp3) is 0.300. The van der Waals surface area contributed by atoms with Crippen molar-refractivity contribution in [1.29, 1.82) is 0 Å². The standard InChI is InChI=1S/C20H24N2O4/c1-4-16(26-18-12-8-6-10-15(18)3)20(24)22-21-19(23)13-25-17-11-7-5-9-14(17)2/h5-12,16H,4,13H2,1-3H3,(H,21,23)(H,22,24). The number of hydrazine groups is 1. The van der Waals surface area contributed by atoms with Gasteiger partial charge in [-0.15, -0.1) is 0 Å². The molecule has 138 valence electrons. The maximum absolute atomic E-state index is 12.2. The molecule has 1 unspecified atom stereocenters. The second-order valence-electron chi connectivity index (χ2n) is 5.87. The van der Waals surface area contributed by atoms with E-state index in [1.54, 1.807) is 12.1 Å². The Morgan fingerprint density at radius 3 is 2.08 bits per heavy atom. The van der Waals surface area contributed by atoms with Crippen molar-refractivity contribution in [2.75, 3.05) is 6.61 Å². The Labute approximate surface area is 153 Å². The fourth-order valence-corrected chi connectivity index (χ4v) is 2.27. The SMILES string of the molecule is CCC(Oc1ccccc1C)C(=O)NNC(=O)COc1ccccc1C. The summed E-state index contributed by atoms with van der Waals surface area (Å²) in [7, 11) is 0. The molecule has 6 heteroatoms. The molecule has 0 aliphatic rings. The monoisotopic (exact) mass is 356 g/mol. The minimum atomic E-state index is -0.700. The van der Waals surface area contributed by atoms with Crippen LogP contribution in [0.4, 0.5) is 0 Å². The maximum Gasteiger partial charge on any atom is 0.279 e. The molecule has 0 radical (unpaired) electrons. The van der Waals surface area contributed by atoms with Crippen LogP contribution < -0.4 is 20.3 Å². The first-order valence-corrected chi connectivity index (χ1v) is 8.50. The van der Waals surface area contributed by atoms with Gasteiger partial charge in [0.25, 0.3) is 11.8 Å². The zero-order valence-corrected chi connectivity index (χ0v) is 15.2. The highest BCUT2D eigenvalue weighted by Gasteiger charge is 2.19. The molecule has 2 amide bonds. The van der Waals surface area contributed by atoms with Gasteiger partial charge < -0.3 is 9.47 Å². The predicted octanol–water partition coefficient (Wildman–Crippen LogP) is 2.69. The average Bonchev–Trinajstić information content (AvgIpc) is 2.64. The predicted molar refractivity (Wildman–Crippen MR) is 98.8 cm³/mol. The van der Waals surface area contributed by atoms with E-state index in [2.05, 4.69) is 10.9 Å². The van der Waals surface area contributed by atoms with Gasteiger partial charge in [-0.1, -0.05) is 43.3 Å². The summed E-state index contributed by atoms with van der Waals surface area (Å²) < 4.78 is 11.2. The van der Waals surface area contributed by atoms with Crippen LogP contribution in [0.5, 0.6) is 11.5 Å². The fourth-order valence-electron chi connectivity index (χ4n) is 2.27. The number of para-hydroxylation sites is 2. The molecule has 2 N–H and O–H groups in total. The first-order chi connectivity index (χ1) is 12.5. The summed E-state index contributed by atoms with van der Waals surface area (Å²) in [5.74, 6) is 0.402. The van der Waals surface area contributed by atoms with Gasteiger partial charge in [0.1, 0.15) is 11.5 Å². The van der Waals surface area contributed by atoms with Gasteiger partial charge in [0.05, 0.1) is 0 Å². The Kier molecular flexibility index (Phi) is 7.02. The summed E-state index contributed by atoms with van der Waals surface area (Å²) in [6.07, 6.45) is -0.232. The van der Waals surface area contributed by atoms with Gasteiger partial charge in [0.15, 0.2) is 12.7 Å². The maximum atomic E-state index is 12.2. The summed E-state index contributed by atoms with van der Waals surface area (Å²) >= 11 is 0. The lowest BCUT2D eigenvalue weighted by Crippen LogP contribution is -2.49. The Balaban J connectivity index is 1.81. The van der Waals surface area contributed by atoms with Crippen molar-refractivity contribution in [3.8, 4) is 11.5 Å². The average molecular weight is 356 g/mol. The van der Waals surface area contributed by atoms with E-state index in [9.17, 15) is 9.59 Å².